The van der Waals surface area contributed by atoms with Crippen LogP contribution in [0.15, 0.2) is 0 Å². The Hall–Kier alpha value is 0.210. The van der Waals surface area contributed by atoms with Gasteiger partial charge >= 0.3 is 0 Å². The number of hydrogen-bond acceptors (Lipinski definition) is 2. The molecule has 2 fully saturated rings. The summed E-state index contributed by atoms with van der Waals surface area (Å²) in [5.74, 6) is 0. The molecule has 2 unspecified atom stereocenters. The smallest absolute Gasteiger partial charge is 0.0244 e. The van der Waals surface area contributed by atoms with E-state index in [0.717, 1.165) is 0 Å². The highest BCUT2D eigenvalue weighted by atomic mass is 35.5. The van der Waals surface area contributed by atoms with E-state index in [-0.39, 0.29) is 12.4 Å². The Labute approximate surface area is 100.0 Å². The van der Waals surface area contributed by atoms with Crippen LogP contribution < -0.4 is 5.73 Å². The van der Waals surface area contributed by atoms with Crippen molar-refractivity contribution in [3.05, 3.63) is 0 Å². The number of nitrogens with two attached hydrogens (primary N) is 1. The molecule has 0 aromatic carbocycles. The Morgan fingerprint density at radius 1 is 1.40 bits per heavy atom. The third-order valence-corrected chi connectivity index (χ3v) is 3.96. The minimum Gasteiger partial charge on any atom is -0.327 e. The average Bonchev–Trinajstić information content (AvgIpc) is 2.84. The van der Waals surface area contributed by atoms with Gasteiger partial charge in [-0.15, -0.1) is 12.4 Å². The summed E-state index contributed by atoms with van der Waals surface area (Å²) >= 11 is 0. The first-order chi connectivity index (χ1) is 6.61. The molecule has 0 spiro atoms. The van der Waals surface area contributed by atoms with Crippen molar-refractivity contribution in [1.29, 1.82) is 0 Å². The molecule has 15 heavy (non-hydrogen) atoms. The Morgan fingerprint density at radius 2 is 2.07 bits per heavy atom. The molecule has 2 rings (SSSR count). The highest BCUT2D eigenvalue weighted by molar-refractivity contribution is 5.85. The lowest BCUT2D eigenvalue weighted by molar-refractivity contribution is 0.108. The van der Waals surface area contributed by atoms with E-state index < -0.39 is 0 Å². The minimum absolute atomic E-state index is 0. The maximum atomic E-state index is 6.06. The fourth-order valence-electron chi connectivity index (χ4n) is 2.67. The van der Waals surface area contributed by atoms with Crippen molar-refractivity contribution in [3.63, 3.8) is 0 Å². The van der Waals surface area contributed by atoms with Gasteiger partial charge in [0.25, 0.3) is 0 Å². The number of halogens is 1. The van der Waals surface area contributed by atoms with Crippen molar-refractivity contribution < 1.29 is 0 Å². The fraction of sp³-hybridized carbons (Fsp3) is 1.00. The highest BCUT2D eigenvalue weighted by Gasteiger charge is 2.40. The first-order valence-electron chi connectivity index (χ1n) is 6.10. The Balaban J connectivity index is 0.00000112. The zero-order valence-electron chi connectivity index (χ0n) is 10.0. The van der Waals surface area contributed by atoms with Crippen LogP contribution >= 0.6 is 12.4 Å². The van der Waals surface area contributed by atoms with Crippen LogP contribution in [0.4, 0.5) is 0 Å². The molecule has 0 aromatic heterocycles. The topological polar surface area (TPSA) is 29.3 Å². The van der Waals surface area contributed by atoms with Crippen LogP contribution in [-0.4, -0.2) is 30.1 Å². The Bertz CT molecular complexity index is 202. The van der Waals surface area contributed by atoms with E-state index in [2.05, 4.69) is 18.7 Å². The van der Waals surface area contributed by atoms with Crippen molar-refractivity contribution in [3.8, 4) is 0 Å². The fourth-order valence-corrected chi connectivity index (χ4v) is 2.67. The van der Waals surface area contributed by atoms with Crippen molar-refractivity contribution in [2.75, 3.05) is 13.1 Å². The highest BCUT2D eigenvalue weighted by Crippen LogP contribution is 2.46. The van der Waals surface area contributed by atoms with E-state index in [1.165, 1.54) is 45.2 Å². The molecule has 0 radical (unpaired) electrons. The van der Waals surface area contributed by atoms with Crippen LogP contribution in [0.2, 0.25) is 0 Å². The van der Waals surface area contributed by atoms with E-state index in [0.29, 0.717) is 17.5 Å². The van der Waals surface area contributed by atoms with Crippen molar-refractivity contribution >= 4 is 12.4 Å². The Morgan fingerprint density at radius 3 is 2.60 bits per heavy atom. The molecule has 2 N–H and O–H groups in total. The average molecular weight is 233 g/mol. The summed E-state index contributed by atoms with van der Waals surface area (Å²) in [7, 11) is 0. The molecule has 2 atom stereocenters. The van der Waals surface area contributed by atoms with E-state index in [1.54, 1.807) is 0 Å². The van der Waals surface area contributed by atoms with Gasteiger partial charge in [-0.1, -0.05) is 13.3 Å². The van der Waals surface area contributed by atoms with Gasteiger partial charge in [0.2, 0.25) is 0 Å². The van der Waals surface area contributed by atoms with E-state index in [4.69, 9.17) is 5.73 Å². The monoisotopic (exact) mass is 232 g/mol. The molecule has 1 aliphatic heterocycles. The largest absolute Gasteiger partial charge is 0.327 e. The molecule has 90 valence electrons. The van der Waals surface area contributed by atoms with Gasteiger partial charge in [-0.2, -0.15) is 0 Å². The summed E-state index contributed by atoms with van der Waals surface area (Å²) in [6.45, 7) is 7.15. The van der Waals surface area contributed by atoms with E-state index in [1.807, 2.05) is 0 Å². The van der Waals surface area contributed by atoms with Crippen LogP contribution in [0.1, 0.15) is 46.0 Å². The lowest BCUT2D eigenvalue weighted by Crippen LogP contribution is -2.50. The molecular weight excluding hydrogens is 208 g/mol. The van der Waals surface area contributed by atoms with Gasteiger partial charge in [0, 0.05) is 18.6 Å². The minimum atomic E-state index is 0. The van der Waals surface area contributed by atoms with Gasteiger partial charge in [-0.05, 0) is 44.6 Å². The van der Waals surface area contributed by atoms with Gasteiger partial charge in [0.05, 0.1) is 0 Å². The summed E-state index contributed by atoms with van der Waals surface area (Å²) in [4.78, 5) is 2.65. The first kappa shape index (κ1) is 13.3. The van der Waals surface area contributed by atoms with Crippen molar-refractivity contribution in [1.82, 2.24) is 4.90 Å². The predicted octanol–water partition coefficient (Wildman–Crippen LogP) is 2.41. The number of piperidine rings is 1. The second-order valence-electron chi connectivity index (χ2n) is 5.70. The van der Waals surface area contributed by atoms with Crippen LogP contribution in [0, 0.1) is 5.41 Å². The van der Waals surface area contributed by atoms with Gasteiger partial charge in [0.15, 0.2) is 0 Å². The van der Waals surface area contributed by atoms with Gasteiger partial charge < -0.3 is 5.73 Å². The number of hydrogen-bond donors (Lipinski definition) is 1. The second-order valence-corrected chi connectivity index (χ2v) is 5.70. The zero-order valence-corrected chi connectivity index (χ0v) is 10.9. The molecule has 0 aromatic rings. The number of likely N-dealkylation sites (tertiary alicyclic amines) is 1. The summed E-state index contributed by atoms with van der Waals surface area (Å²) in [5, 5.41) is 0. The first-order valence-corrected chi connectivity index (χ1v) is 6.10. The maximum absolute atomic E-state index is 6.06. The number of rotatable bonds is 3. The molecule has 2 nitrogen and oxygen atoms in total. The SMILES string of the molecule is CC(N)C1CCCCN1CC1(C)CC1.Cl. The zero-order chi connectivity index (χ0) is 10.2. The molecule has 3 heteroatoms. The van der Waals surface area contributed by atoms with E-state index >= 15 is 0 Å². The molecule has 0 amide bonds. The second kappa shape index (κ2) is 5.03. The molecular formula is C12H25ClN2. The molecule has 1 aliphatic carbocycles. The maximum Gasteiger partial charge on any atom is 0.0244 e. The van der Waals surface area contributed by atoms with E-state index in [9.17, 15) is 0 Å². The standard InChI is InChI=1S/C12H24N2.ClH/c1-10(13)11-5-3-4-8-14(11)9-12(2)6-7-12;/h10-11H,3-9,13H2,1-2H3;1H. The summed E-state index contributed by atoms with van der Waals surface area (Å²) < 4.78 is 0. The molecule has 1 saturated heterocycles. The van der Waals surface area contributed by atoms with Crippen LogP contribution in [0.3, 0.4) is 0 Å². The number of nitrogens with zero attached hydrogens (tertiary/aromatic N) is 1. The predicted molar refractivity (Wildman–Crippen MR) is 67.5 cm³/mol. The van der Waals surface area contributed by atoms with Crippen LogP contribution in [0.25, 0.3) is 0 Å². The molecule has 2 aliphatic rings. The quantitative estimate of drug-likeness (QED) is 0.810. The summed E-state index contributed by atoms with van der Waals surface area (Å²) in [6, 6.07) is 0.999. The van der Waals surface area contributed by atoms with Crippen LogP contribution in [-0.2, 0) is 0 Å². The Kier molecular flexibility index (Phi) is 4.45. The van der Waals surface area contributed by atoms with Crippen molar-refractivity contribution in [2.45, 2.75) is 58.0 Å². The third kappa shape index (κ3) is 3.33. The van der Waals surface area contributed by atoms with Crippen molar-refractivity contribution in [2.24, 2.45) is 11.1 Å². The summed E-state index contributed by atoms with van der Waals surface area (Å²) in [6.07, 6.45) is 6.91. The third-order valence-electron chi connectivity index (χ3n) is 3.96. The van der Waals surface area contributed by atoms with Gasteiger partial charge in [-0.25, -0.2) is 0 Å². The van der Waals surface area contributed by atoms with Crippen LogP contribution in [0.5, 0.6) is 0 Å². The summed E-state index contributed by atoms with van der Waals surface area (Å²) in [5.41, 5.74) is 6.70. The van der Waals surface area contributed by atoms with Gasteiger partial charge in [-0.3, -0.25) is 4.90 Å². The lowest BCUT2D eigenvalue weighted by atomic mass is 9.95. The lowest BCUT2D eigenvalue weighted by Gasteiger charge is -2.39. The normalized spacial score (nSPS) is 31.8. The molecule has 0 bridgehead atoms. The molecule has 1 saturated carbocycles. The van der Waals surface area contributed by atoms with Gasteiger partial charge in [0.1, 0.15) is 0 Å². The molecule has 1 heterocycles.